The van der Waals surface area contributed by atoms with E-state index in [-0.39, 0.29) is 22.5 Å². The zero-order chi connectivity index (χ0) is 22.8. The molecule has 164 valence electrons. The van der Waals surface area contributed by atoms with Crippen molar-refractivity contribution < 1.29 is 13.9 Å². The van der Waals surface area contributed by atoms with Crippen LogP contribution in [0.3, 0.4) is 0 Å². The van der Waals surface area contributed by atoms with Crippen LogP contribution in [0.5, 0.6) is 0 Å². The number of hydrogen-bond donors (Lipinski definition) is 3. The lowest BCUT2D eigenvalue weighted by Crippen LogP contribution is -2.27. The molecule has 0 aliphatic heterocycles. The van der Waals surface area contributed by atoms with E-state index in [1.807, 2.05) is 6.92 Å². The van der Waals surface area contributed by atoms with Gasteiger partial charge in [-0.1, -0.05) is 11.6 Å². The fraction of sp³-hybridized carbons (Fsp3) is 0.300. The number of benzene rings is 1. The van der Waals surface area contributed by atoms with E-state index >= 15 is 0 Å². The molecule has 3 aromatic rings. The van der Waals surface area contributed by atoms with Gasteiger partial charge in [-0.3, -0.25) is 10.00 Å². The van der Waals surface area contributed by atoms with Gasteiger partial charge in [-0.25, -0.2) is 14.2 Å². The highest BCUT2D eigenvalue weighted by Crippen LogP contribution is 2.28. The second-order valence-corrected chi connectivity index (χ2v) is 8.17. The summed E-state index contributed by atoms with van der Waals surface area (Å²) in [4.78, 5) is 20.4. The summed E-state index contributed by atoms with van der Waals surface area (Å²) in [7, 11) is 1.80. The minimum atomic E-state index is -0.657. The Hall–Kier alpha value is -3.40. The molecule has 0 aliphatic rings. The number of carbonyl (C=O) groups excluding carboxylic acids is 1. The van der Waals surface area contributed by atoms with Gasteiger partial charge in [0.05, 0.1) is 23.3 Å². The van der Waals surface area contributed by atoms with E-state index in [1.54, 1.807) is 38.7 Å². The first-order chi connectivity index (χ1) is 14.5. The van der Waals surface area contributed by atoms with Crippen molar-refractivity contribution >= 4 is 46.5 Å². The average molecular weight is 448 g/mol. The number of aromatic nitrogens is 4. The fourth-order valence-electron chi connectivity index (χ4n) is 2.61. The van der Waals surface area contributed by atoms with Crippen molar-refractivity contribution in [2.24, 2.45) is 7.05 Å². The van der Waals surface area contributed by atoms with Crippen LogP contribution in [0.2, 0.25) is 5.02 Å². The number of amides is 1. The SMILES string of the molecule is Cc1nn(C)cc1Nc1ncc(Cl)c(Nc2cc(NC(=O)OC(C)(C)C)ccc2F)n1. The maximum absolute atomic E-state index is 14.4. The molecule has 1 amide bonds. The Labute approximate surface area is 184 Å². The number of halogens is 2. The van der Waals surface area contributed by atoms with Crippen LogP contribution >= 0.6 is 11.6 Å². The van der Waals surface area contributed by atoms with Gasteiger partial charge in [0, 0.05) is 18.9 Å². The van der Waals surface area contributed by atoms with Crippen molar-refractivity contribution in [1.29, 1.82) is 0 Å². The first-order valence-corrected chi connectivity index (χ1v) is 9.74. The van der Waals surface area contributed by atoms with Gasteiger partial charge in [0.1, 0.15) is 16.4 Å². The Morgan fingerprint density at radius 1 is 1.23 bits per heavy atom. The van der Waals surface area contributed by atoms with E-state index in [0.29, 0.717) is 5.69 Å². The molecule has 0 saturated carbocycles. The van der Waals surface area contributed by atoms with Crippen LogP contribution in [0.1, 0.15) is 26.5 Å². The van der Waals surface area contributed by atoms with Crippen LogP contribution in [-0.4, -0.2) is 31.4 Å². The Morgan fingerprint density at radius 3 is 2.61 bits per heavy atom. The lowest BCUT2D eigenvalue weighted by atomic mass is 10.2. The molecule has 0 unspecified atom stereocenters. The Morgan fingerprint density at radius 2 is 1.97 bits per heavy atom. The molecule has 1 aromatic carbocycles. The standard InChI is InChI=1S/C20H23ClFN7O2/c1-11-16(10-29(5)28-11)26-18-23-9-13(21)17(27-18)25-15-8-12(6-7-14(15)22)24-19(30)31-20(2,3)4/h6-10H,1-5H3,(H,24,30)(H2,23,25,26,27). The zero-order valence-corrected chi connectivity index (χ0v) is 18.5. The second-order valence-electron chi connectivity index (χ2n) is 7.76. The summed E-state index contributed by atoms with van der Waals surface area (Å²) in [5.74, 6) is -0.109. The van der Waals surface area contributed by atoms with Crippen LogP contribution in [0.15, 0.2) is 30.6 Å². The molecule has 11 heteroatoms. The van der Waals surface area contributed by atoms with Crippen molar-refractivity contribution in [2.75, 3.05) is 16.0 Å². The van der Waals surface area contributed by atoms with Gasteiger partial charge in [-0.2, -0.15) is 10.1 Å². The predicted molar refractivity (Wildman–Crippen MR) is 118 cm³/mol. The van der Waals surface area contributed by atoms with Crippen molar-refractivity contribution in [3.05, 3.63) is 47.1 Å². The Bertz CT molecular complexity index is 1110. The lowest BCUT2D eigenvalue weighted by molar-refractivity contribution is 0.0636. The molecular weight excluding hydrogens is 425 g/mol. The second kappa shape index (κ2) is 8.76. The summed E-state index contributed by atoms with van der Waals surface area (Å²) in [5, 5.41) is 12.9. The summed E-state index contributed by atoms with van der Waals surface area (Å²) in [6, 6.07) is 4.04. The fourth-order valence-corrected chi connectivity index (χ4v) is 2.74. The quantitative estimate of drug-likeness (QED) is 0.496. The molecule has 3 rings (SSSR count). The van der Waals surface area contributed by atoms with Crippen LogP contribution in [0.4, 0.5) is 38.0 Å². The summed E-state index contributed by atoms with van der Waals surface area (Å²) in [6.45, 7) is 7.09. The number of carbonyl (C=O) groups is 1. The lowest BCUT2D eigenvalue weighted by Gasteiger charge is -2.20. The van der Waals surface area contributed by atoms with Gasteiger partial charge in [0.15, 0.2) is 5.82 Å². The van der Waals surface area contributed by atoms with Crippen LogP contribution < -0.4 is 16.0 Å². The van der Waals surface area contributed by atoms with Gasteiger partial charge in [0.25, 0.3) is 0 Å². The minimum Gasteiger partial charge on any atom is -0.444 e. The van der Waals surface area contributed by atoms with Gasteiger partial charge in [0.2, 0.25) is 5.95 Å². The molecule has 0 fully saturated rings. The molecular formula is C20H23ClFN7O2. The van der Waals surface area contributed by atoms with Gasteiger partial charge in [-0.05, 0) is 45.9 Å². The van der Waals surface area contributed by atoms with E-state index in [4.69, 9.17) is 16.3 Å². The molecule has 2 heterocycles. The number of ether oxygens (including phenoxy) is 1. The van der Waals surface area contributed by atoms with Crippen molar-refractivity contribution in [2.45, 2.75) is 33.3 Å². The predicted octanol–water partition coefficient (Wildman–Crippen LogP) is 5.15. The third-order valence-corrected chi connectivity index (χ3v) is 4.15. The summed E-state index contributed by atoms with van der Waals surface area (Å²) in [6.07, 6.45) is 2.53. The molecule has 3 N–H and O–H groups in total. The molecule has 0 spiro atoms. The number of rotatable bonds is 5. The molecule has 9 nitrogen and oxygen atoms in total. The van der Waals surface area contributed by atoms with E-state index in [2.05, 4.69) is 31.0 Å². The van der Waals surface area contributed by atoms with Crippen molar-refractivity contribution in [3.63, 3.8) is 0 Å². The number of anilines is 5. The summed E-state index contributed by atoms with van der Waals surface area (Å²) in [5.41, 5.74) is 1.24. The highest BCUT2D eigenvalue weighted by molar-refractivity contribution is 6.32. The van der Waals surface area contributed by atoms with Gasteiger partial charge >= 0.3 is 6.09 Å². The van der Waals surface area contributed by atoms with Crippen molar-refractivity contribution in [1.82, 2.24) is 19.7 Å². The average Bonchev–Trinajstić information content (AvgIpc) is 2.96. The van der Waals surface area contributed by atoms with E-state index in [9.17, 15) is 9.18 Å². The smallest absolute Gasteiger partial charge is 0.412 e. The summed E-state index contributed by atoms with van der Waals surface area (Å²) >= 11 is 6.19. The van der Waals surface area contributed by atoms with Gasteiger partial charge in [-0.15, -0.1) is 0 Å². The highest BCUT2D eigenvalue weighted by Gasteiger charge is 2.17. The normalized spacial score (nSPS) is 11.2. The van der Waals surface area contributed by atoms with E-state index in [1.165, 1.54) is 24.4 Å². The van der Waals surface area contributed by atoms with Crippen LogP contribution in [-0.2, 0) is 11.8 Å². The monoisotopic (exact) mass is 447 g/mol. The third kappa shape index (κ3) is 6.05. The first-order valence-electron chi connectivity index (χ1n) is 9.36. The molecule has 2 aromatic heterocycles. The summed E-state index contributed by atoms with van der Waals surface area (Å²) < 4.78 is 21.2. The largest absolute Gasteiger partial charge is 0.444 e. The number of aryl methyl sites for hydroxylation is 2. The maximum atomic E-state index is 14.4. The molecule has 0 bridgehead atoms. The van der Waals surface area contributed by atoms with E-state index in [0.717, 1.165) is 11.4 Å². The molecule has 31 heavy (non-hydrogen) atoms. The zero-order valence-electron chi connectivity index (χ0n) is 17.7. The van der Waals surface area contributed by atoms with Crippen LogP contribution in [0.25, 0.3) is 0 Å². The Kier molecular flexibility index (Phi) is 6.30. The van der Waals surface area contributed by atoms with Crippen molar-refractivity contribution in [3.8, 4) is 0 Å². The van der Waals surface area contributed by atoms with Gasteiger partial charge < -0.3 is 15.4 Å². The Balaban J connectivity index is 1.80. The molecule has 0 radical (unpaired) electrons. The molecule has 0 aliphatic carbocycles. The minimum absolute atomic E-state index is 0.0673. The van der Waals surface area contributed by atoms with Crippen LogP contribution in [0, 0.1) is 12.7 Å². The number of nitrogens with one attached hydrogen (secondary N) is 3. The maximum Gasteiger partial charge on any atom is 0.412 e. The topological polar surface area (TPSA) is 106 Å². The number of nitrogens with zero attached hydrogens (tertiary/aromatic N) is 4. The highest BCUT2D eigenvalue weighted by atomic mass is 35.5. The van der Waals surface area contributed by atoms with E-state index < -0.39 is 17.5 Å². The molecule has 0 saturated heterocycles. The first kappa shape index (κ1) is 22.3. The number of hydrogen-bond acceptors (Lipinski definition) is 7. The molecule has 0 atom stereocenters. The third-order valence-electron chi connectivity index (χ3n) is 3.87.